The van der Waals surface area contributed by atoms with Crippen LogP contribution in [0.3, 0.4) is 0 Å². The van der Waals surface area contributed by atoms with Crippen LogP contribution < -0.4 is 4.74 Å². The highest BCUT2D eigenvalue weighted by atomic mass is 16.5. The predicted molar refractivity (Wildman–Crippen MR) is 87.2 cm³/mol. The summed E-state index contributed by atoms with van der Waals surface area (Å²) >= 11 is 0. The van der Waals surface area contributed by atoms with Crippen LogP contribution in [0.1, 0.15) is 37.7 Å². The molecular formula is C18H27NO3. The number of likely N-dealkylation sites (tertiary alicyclic amines) is 1. The summed E-state index contributed by atoms with van der Waals surface area (Å²) in [6, 6.07) is 7.85. The normalized spacial score (nSPS) is 19.8. The smallest absolute Gasteiger partial charge is 0.230 e. The van der Waals surface area contributed by atoms with Gasteiger partial charge in [0.2, 0.25) is 5.91 Å². The first kappa shape index (κ1) is 16.8. The molecule has 0 radical (unpaired) electrons. The Balaban J connectivity index is 2.07. The summed E-state index contributed by atoms with van der Waals surface area (Å²) < 4.78 is 10.4. The number of rotatable bonds is 6. The van der Waals surface area contributed by atoms with E-state index in [2.05, 4.69) is 6.92 Å². The van der Waals surface area contributed by atoms with E-state index in [1.165, 1.54) is 0 Å². The minimum Gasteiger partial charge on any atom is -0.497 e. The molecule has 4 heteroatoms. The van der Waals surface area contributed by atoms with E-state index < -0.39 is 0 Å². The lowest BCUT2D eigenvalue weighted by atomic mass is 9.92. The number of carbonyl (C=O) groups excluding carboxylic acids is 1. The first-order valence-corrected chi connectivity index (χ1v) is 8.11. The van der Waals surface area contributed by atoms with Crippen LogP contribution in [0.4, 0.5) is 0 Å². The van der Waals surface area contributed by atoms with Crippen molar-refractivity contribution in [3.8, 4) is 5.75 Å². The van der Waals surface area contributed by atoms with Gasteiger partial charge in [-0.15, -0.1) is 0 Å². The summed E-state index contributed by atoms with van der Waals surface area (Å²) in [5.74, 6) is 1.47. The van der Waals surface area contributed by atoms with E-state index in [9.17, 15) is 4.79 Å². The highest BCUT2D eigenvalue weighted by Crippen LogP contribution is 2.27. The molecule has 4 nitrogen and oxygen atoms in total. The standard InChI is InChI=1S/C18H27NO3/c1-4-17(15-7-9-16(22-3)10-8-15)18(20)19-11-5-6-14(12-19)13-21-2/h7-10,14,17H,4-6,11-13H2,1-3H3/t14-,17+/m1/s1. The number of piperidine rings is 1. The SMILES string of the molecule is CC[C@H](C(=O)N1CCC[C@@H](COC)C1)c1ccc(OC)cc1. The number of benzene rings is 1. The molecule has 0 bridgehead atoms. The fraction of sp³-hybridized carbons (Fsp3) is 0.611. The van der Waals surface area contributed by atoms with Gasteiger partial charge in [0, 0.05) is 20.2 Å². The highest BCUT2D eigenvalue weighted by Gasteiger charge is 2.28. The lowest BCUT2D eigenvalue weighted by molar-refractivity contribution is -0.135. The van der Waals surface area contributed by atoms with Crippen LogP contribution in [0.5, 0.6) is 5.75 Å². The third kappa shape index (κ3) is 4.01. The summed E-state index contributed by atoms with van der Waals surface area (Å²) in [5, 5.41) is 0. The maximum atomic E-state index is 12.9. The number of nitrogens with zero attached hydrogens (tertiary/aromatic N) is 1. The molecule has 1 aliphatic rings. The predicted octanol–water partition coefficient (Wildman–Crippen LogP) is 3.07. The van der Waals surface area contributed by atoms with Crippen LogP contribution in [0.25, 0.3) is 0 Å². The molecule has 0 spiro atoms. The molecule has 1 aromatic rings. The number of ether oxygens (including phenoxy) is 2. The Labute approximate surface area is 133 Å². The zero-order chi connectivity index (χ0) is 15.9. The van der Waals surface area contributed by atoms with Crippen molar-refractivity contribution in [2.45, 2.75) is 32.1 Å². The Morgan fingerprint density at radius 1 is 1.32 bits per heavy atom. The van der Waals surface area contributed by atoms with Crippen molar-refractivity contribution in [1.29, 1.82) is 0 Å². The molecule has 1 aromatic carbocycles. The van der Waals surface area contributed by atoms with Crippen molar-refractivity contribution < 1.29 is 14.3 Å². The summed E-state index contributed by atoms with van der Waals surface area (Å²) in [5.41, 5.74) is 1.07. The number of hydrogen-bond acceptors (Lipinski definition) is 3. The van der Waals surface area contributed by atoms with Gasteiger partial charge in [0.15, 0.2) is 0 Å². The topological polar surface area (TPSA) is 38.8 Å². The van der Waals surface area contributed by atoms with Crippen molar-refractivity contribution in [3.63, 3.8) is 0 Å². The average molecular weight is 305 g/mol. The van der Waals surface area contributed by atoms with Gasteiger partial charge < -0.3 is 14.4 Å². The third-order valence-corrected chi connectivity index (χ3v) is 4.46. The minimum atomic E-state index is -0.0628. The lowest BCUT2D eigenvalue weighted by Crippen LogP contribution is -2.43. The minimum absolute atomic E-state index is 0.0628. The van der Waals surface area contributed by atoms with Crippen LogP contribution in [-0.4, -0.2) is 44.7 Å². The Morgan fingerprint density at radius 2 is 2.05 bits per heavy atom. The molecule has 0 aliphatic carbocycles. The van der Waals surface area contributed by atoms with Crippen molar-refractivity contribution in [2.75, 3.05) is 33.9 Å². The van der Waals surface area contributed by atoms with Gasteiger partial charge >= 0.3 is 0 Å². The van der Waals surface area contributed by atoms with E-state index in [0.29, 0.717) is 5.92 Å². The van der Waals surface area contributed by atoms with Crippen LogP contribution in [-0.2, 0) is 9.53 Å². The molecule has 1 amide bonds. The van der Waals surface area contributed by atoms with Crippen LogP contribution in [0.15, 0.2) is 24.3 Å². The second-order valence-electron chi connectivity index (χ2n) is 5.98. The van der Waals surface area contributed by atoms with Gasteiger partial charge in [-0.2, -0.15) is 0 Å². The molecule has 1 heterocycles. The zero-order valence-corrected chi connectivity index (χ0v) is 13.9. The van der Waals surface area contributed by atoms with Crippen LogP contribution >= 0.6 is 0 Å². The summed E-state index contributed by atoms with van der Waals surface area (Å²) in [6.45, 7) is 4.50. The first-order chi connectivity index (χ1) is 10.7. The van der Waals surface area contributed by atoms with E-state index in [1.54, 1.807) is 14.2 Å². The Kier molecular flexibility index (Phi) is 6.25. The maximum Gasteiger partial charge on any atom is 0.230 e. The van der Waals surface area contributed by atoms with Crippen molar-refractivity contribution in [1.82, 2.24) is 4.90 Å². The van der Waals surface area contributed by atoms with Crippen molar-refractivity contribution in [3.05, 3.63) is 29.8 Å². The average Bonchev–Trinajstić information content (AvgIpc) is 2.56. The number of amides is 1. The number of hydrogen-bond donors (Lipinski definition) is 0. The fourth-order valence-electron chi connectivity index (χ4n) is 3.25. The molecule has 0 aromatic heterocycles. The van der Waals surface area contributed by atoms with Gasteiger partial charge in [-0.3, -0.25) is 4.79 Å². The molecule has 1 fully saturated rings. The summed E-state index contributed by atoms with van der Waals surface area (Å²) in [6.07, 6.45) is 3.03. The van der Waals surface area contributed by atoms with Crippen molar-refractivity contribution >= 4 is 5.91 Å². The third-order valence-electron chi connectivity index (χ3n) is 4.46. The quantitative estimate of drug-likeness (QED) is 0.811. The van der Waals surface area contributed by atoms with E-state index >= 15 is 0 Å². The summed E-state index contributed by atoms with van der Waals surface area (Å²) in [4.78, 5) is 14.9. The highest BCUT2D eigenvalue weighted by molar-refractivity contribution is 5.83. The molecule has 0 saturated carbocycles. The number of methoxy groups -OCH3 is 2. The van der Waals surface area contributed by atoms with Gasteiger partial charge in [-0.1, -0.05) is 19.1 Å². The van der Waals surface area contributed by atoms with E-state index in [0.717, 1.165) is 50.3 Å². The van der Waals surface area contributed by atoms with Gasteiger partial charge in [0.1, 0.15) is 5.75 Å². The Morgan fingerprint density at radius 3 is 2.64 bits per heavy atom. The lowest BCUT2D eigenvalue weighted by Gasteiger charge is -2.34. The molecule has 2 rings (SSSR count). The summed E-state index contributed by atoms with van der Waals surface area (Å²) in [7, 11) is 3.38. The van der Waals surface area contributed by atoms with Gasteiger partial charge in [0.05, 0.1) is 19.6 Å². The molecule has 22 heavy (non-hydrogen) atoms. The maximum absolute atomic E-state index is 12.9. The van der Waals surface area contributed by atoms with Gasteiger partial charge in [-0.05, 0) is 42.9 Å². The zero-order valence-electron chi connectivity index (χ0n) is 13.9. The van der Waals surface area contributed by atoms with Gasteiger partial charge in [-0.25, -0.2) is 0 Å². The molecular weight excluding hydrogens is 278 g/mol. The van der Waals surface area contributed by atoms with Crippen LogP contribution in [0, 0.1) is 5.92 Å². The molecule has 122 valence electrons. The largest absolute Gasteiger partial charge is 0.497 e. The van der Waals surface area contributed by atoms with E-state index in [-0.39, 0.29) is 11.8 Å². The Bertz CT molecular complexity index is 470. The van der Waals surface area contributed by atoms with Crippen molar-refractivity contribution in [2.24, 2.45) is 5.92 Å². The van der Waals surface area contributed by atoms with Crippen LogP contribution in [0.2, 0.25) is 0 Å². The second kappa shape index (κ2) is 8.18. The monoisotopic (exact) mass is 305 g/mol. The van der Waals surface area contributed by atoms with E-state index in [4.69, 9.17) is 9.47 Å². The van der Waals surface area contributed by atoms with Gasteiger partial charge in [0.25, 0.3) is 0 Å². The number of carbonyl (C=O) groups is 1. The Hall–Kier alpha value is -1.55. The molecule has 1 aliphatic heterocycles. The molecule has 2 atom stereocenters. The fourth-order valence-corrected chi connectivity index (χ4v) is 3.25. The molecule has 0 N–H and O–H groups in total. The molecule has 0 unspecified atom stereocenters. The first-order valence-electron chi connectivity index (χ1n) is 8.11. The molecule has 1 saturated heterocycles. The second-order valence-corrected chi connectivity index (χ2v) is 5.98. The van der Waals surface area contributed by atoms with E-state index in [1.807, 2.05) is 29.2 Å².